The van der Waals surface area contributed by atoms with Crippen molar-refractivity contribution in [2.24, 2.45) is 11.7 Å². The zero-order valence-electron chi connectivity index (χ0n) is 15.8. The quantitative estimate of drug-likeness (QED) is 0.646. The number of aromatic nitrogens is 2. The van der Waals surface area contributed by atoms with Crippen LogP contribution in [0.2, 0.25) is 0 Å². The molecule has 0 aliphatic carbocycles. The Kier molecular flexibility index (Phi) is 5.09. The number of hydrogen-bond donors (Lipinski definition) is 3. The van der Waals surface area contributed by atoms with Crippen LogP contribution >= 0.6 is 0 Å². The summed E-state index contributed by atoms with van der Waals surface area (Å²) in [6.07, 6.45) is 2.48. The third-order valence-electron chi connectivity index (χ3n) is 4.51. The van der Waals surface area contributed by atoms with Crippen molar-refractivity contribution in [3.05, 3.63) is 47.8 Å². The zero-order valence-corrected chi connectivity index (χ0v) is 15.8. The standard InChI is InChI=1S/C21H26N4O/c1-12(2)9-19(22)21(26)25-15-5-6-16(13(3)10-15)17-7-8-23-20-18(17)11-14(4)24-20/h5-8,10-12,19H,9,22H2,1-4H3,(H,23,24)(H,25,26)/t19-/m1/s1. The topological polar surface area (TPSA) is 83.8 Å². The van der Waals surface area contributed by atoms with E-state index in [0.29, 0.717) is 12.3 Å². The molecule has 0 unspecified atom stereocenters. The van der Waals surface area contributed by atoms with Crippen LogP contribution in [0.3, 0.4) is 0 Å². The van der Waals surface area contributed by atoms with E-state index in [1.165, 1.54) is 0 Å². The summed E-state index contributed by atoms with van der Waals surface area (Å²) in [5, 5.41) is 4.03. The number of nitrogens with zero attached hydrogens (tertiary/aromatic N) is 1. The molecule has 5 nitrogen and oxygen atoms in total. The van der Waals surface area contributed by atoms with E-state index in [2.05, 4.69) is 35.2 Å². The highest BCUT2D eigenvalue weighted by molar-refractivity contribution is 5.97. The van der Waals surface area contributed by atoms with Crippen molar-refractivity contribution >= 4 is 22.6 Å². The molecule has 0 radical (unpaired) electrons. The summed E-state index contributed by atoms with van der Waals surface area (Å²) in [4.78, 5) is 19.9. The first-order chi connectivity index (χ1) is 12.3. The van der Waals surface area contributed by atoms with Gasteiger partial charge in [-0.2, -0.15) is 0 Å². The van der Waals surface area contributed by atoms with Gasteiger partial charge < -0.3 is 16.0 Å². The summed E-state index contributed by atoms with van der Waals surface area (Å²) in [5.74, 6) is 0.247. The van der Waals surface area contributed by atoms with E-state index >= 15 is 0 Å². The highest BCUT2D eigenvalue weighted by Crippen LogP contribution is 2.31. The zero-order chi connectivity index (χ0) is 18.8. The number of fused-ring (bicyclic) bond motifs is 1. The number of aryl methyl sites for hydroxylation is 2. The minimum Gasteiger partial charge on any atom is -0.344 e. The number of benzene rings is 1. The lowest BCUT2D eigenvalue weighted by Crippen LogP contribution is -2.36. The number of amides is 1. The van der Waals surface area contributed by atoms with Gasteiger partial charge in [-0.1, -0.05) is 19.9 Å². The summed E-state index contributed by atoms with van der Waals surface area (Å²) in [5.41, 5.74) is 12.1. The molecule has 3 rings (SSSR count). The number of anilines is 1. The number of nitrogens with one attached hydrogen (secondary N) is 2. The smallest absolute Gasteiger partial charge is 0.241 e. The Morgan fingerprint density at radius 1 is 1.19 bits per heavy atom. The SMILES string of the molecule is Cc1cc2c(-c3ccc(NC(=O)[C@H](N)CC(C)C)cc3C)ccnc2[nH]1. The van der Waals surface area contributed by atoms with E-state index in [4.69, 9.17) is 5.73 Å². The first-order valence-corrected chi connectivity index (χ1v) is 8.97. The Hall–Kier alpha value is -2.66. The fourth-order valence-corrected chi connectivity index (χ4v) is 3.29. The molecule has 0 fully saturated rings. The van der Waals surface area contributed by atoms with Gasteiger partial charge in [0.05, 0.1) is 6.04 Å². The first kappa shape index (κ1) is 18.1. The molecule has 1 aromatic carbocycles. The number of aromatic amines is 1. The Bertz CT molecular complexity index is 942. The molecule has 0 bridgehead atoms. The average molecular weight is 350 g/mol. The molecule has 0 saturated heterocycles. The molecule has 1 amide bonds. The van der Waals surface area contributed by atoms with Crippen molar-refractivity contribution in [3.63, 3.8) is 0 Å². The second-order valence-electron chi connectivity index (χ2n) is 7.33. The van der Waals surface area contributed by atoms with Crippen LogP contribution in [0, 0.1) is 19.8 Å². The predicted octanol–water partition coefficient (Wildman–Crippen LogP) is 4.16. The Balaban J connectivity index is 1.87. The van der Waals surface area contributed by atoms with Gasteiger partial charge in [-0.3, -0.25) is 4.79 Å². The molecular weight excluding hydrogens is 324 g/mol. The van der Waals surface area contributed by atoms with Crippen LogP contribution < -0.4 is 11.1 Å². The van der Waals surface area contributed by atoms with Crippen molar-refractivity contribution in [1.29, 1.82) is 0 Å². The highest BCUT2D eigenvalue weighted by Gasteiger charge is 2.16. The monoisotopic (exact) mass is 350 g/mol. The van der Waals surface area contributed by atoms with Crippen LogP contribution in [0.15, 0.2) is 36.5 Å². The number of pyridine rings is 1. The first-order valence-electron chi connectivity index (χ1n) is 8.97. The molecule has 3 aromatic rings. The Labute approximate surface area is 154 Å². The van der Waals surface area contributed by atoms with Gasteiger partial charge in [0.1, 0.15) is 5.65 Å². The normalized spacial score (nSPS) is 12.5. The summed E-state index contributed by atoms with van der Waals surface area (Å²) >= 11 is 0. The van der Waals surface area contributed by atoms with Gasteiger partial charge in [0, 0.05) is 23.0 Å². The van der Waals surface area contributed by atoms with Gasteiger partial charge in [0.25, 0.3) is 0 Å². The van der Waals surface area contributed by atoms with Crippen molar-refractivity contribution in [3.8, 4) is 11.1 Å². The van der Waals surface area contributed by atoms with Crippen molar-refractivity contribution in [1.82, 2.24) is 9.97 Å². The number of carbonyl (C=O) groups is 1. The molecule has 2 heterocycles. The van der Waals surface area contributed by atoms with Crippen LogP contribution in [0.1, 0.15) is 31.5 Å². The van der Waals surface area contributed by atoms with Crippen LogP contribution in [0.4, 0.5) is 5.69 Å². The number of rotatable bonds is 5. The summed E-state index contributed by atoms with van der Waals surface area (Å²) in [6.45, 7) is 8.19. The van der Waals surface area contributed by atoms with Crippen LogP contribution in [0.25, 0.3) is 22.2 Å². The summed E-state index contributed by atoms with van der Waals surface area (Å²) in [7, 11) is 0. The van der Waals surface area contributed by atoms with E-state index in [-0.39, 0.29) is 5.91 Å². The molecule has 0 saturated carbocycles. The molecule has 1 atom stereocenters. The van der Waals surface area contributed by atoms with Gasteiger partial charge in [-0.15, -0.1) is 0 Å². The van der Waals surface area contributed by atoms with Gasteiger partial charge in [-0.25, -0.2) is 4.98 Å². The Morgan fingerprint density at radius 2 is 1.96 bits per heavy atom. The summed E-state index contributed by atoms with van der Waals surface area (Å²) < 4.78 is 0. The minimum absolute atomic E-state index is 0.140. The molecular formula is C21H26N4O. The molecule has 0 aliphatic heterocycles. The van der Waals surface area contributed by atoms with Gasteiger partial charge >= 0.3 is 0 Å². The fourth-order valence-electron chi connectivity index (χ4n) is 3.29. The molecule has 5 heteroatoms. The highest BCUT2D eigenvalue weighted by atomic mass is 16.2. The lowest BCUT2D eigenvalue weighted by molar-refractivity contribution is -0.117. The van der Waals surface area contributed by atoms with E-state index in [1.807, 2.05) is 44.3 Å². The van der Waals surface area contributed by atoms with E-state index < -0.39 is 6.04 Å². The number of carbonyl (C=O) groups excluding carboxylic acids is 1. The van der Waals surface area contributed by atoms with Crippen molar-refractivity contribution in [2.75, 3.05) is 5.32 Å². The van der Waals surface area contributed by atoms with Crippen LogP contribution in [-0.4, -0.2) is 21.9 Å². The van der Waals surface area contributed by atoms with E-state index in [1.54, 1.807) is 0 Å². The van der Waals surface area contributed by atoms with Crippen molar-refractivity contribution in [2.45, 2.75) is 40.2 Å². The van der Waals surface area contributed by atoms with Crippen molar-refractivity contribution < 1.29 is 4.79 Å². The molecule has 0 spiro atoms. The number of nitrogens with two attached hydrogens (primary N) is 1. The molecule has 4 N–H and O–H groups in total. The third kappa shape index (κ3) is 3.78. The van der Waals surface area contributed by atoms with E-state index in [9.17, 15) is 4.79 Å². The maximum absolute atomic E-state index is 12.2. The van der Waals surface area contributed by atoms with Crippen LogP contribution in [-0.2, 0) is 4.79 Å². The second-order valence-corrected chi connectivity index (χ2v) is 7.33. The fraction of sp³-hybridized carbons (Fsp3) is 0.333. The van der Waals surface area contributed by atoms with Gasteiger partial charge in [0.2, 0.25) is 5.91 Å². The predicted molar refractivity (Wildman–Crippen MR) is 107 cm³/mol. The lowest BCUT2D eigenvalue weighted by atomic mass is 9.98. The second kappa shape index (κ2) is 7.30. The maximum atomic E-state index is 12.2. The van der Waals surface area contributed by atoms with Crippen LogP contribution in [0.5, 0.6) is 0 Å². The maximum Gasteiger partial charge on any atom is 0.241 e. The third-order valence-corrected chi connectivity index (χ3v) is 4.51. The molecule has 0 aliphatic rings. The molecule has 26 heavy (non-hydrogen) atoms. The Morgan fingerprint density at radius 3 is 2.65 bits per heavy atom. The summed E-state index contributed by atoms with van der Waals surface area (Å²) in [6, 6.07) is 9.59. The largest absolute Gasteiger partial charge is 0.344 e. The lowest BCUT2D eigenvalue weighted by Gasteiger charge is -2.15. The number of hydrogen-bond acceptors (Lipinski definition) is 3. The van der Waals surface area contributed by atoms with Gasteiger partial charge in [-0.05, 0) is 67.1 Å². The van der Waals surface area contributed by atoms with E-state index in [0.717, 1.165) is 39.1 Å². The average Bonchev–Trinajstić information content (AvgIpc) is 2.94. The van der Waals surface area contributed by atoms with Gasteiger partial charge in [0.15, 0.2) is 0 Å². The minimum atomic E-state index is -0.488. The number of H-pyrrole nitrogens is 1. The molecule has 2 aromatic heterocycles. The molecule has 136 valence electrons.